The fraction of sp³-hybridized carbons (Fsp3) is 0.111. The number of benzene rings is 1. The molecule has 1 aromatic carbocycles. The van der Waals surface area contributed by atoms with E-state index in [0.717, 1.165) is 0 Å². The van der Waals surface area contributed by atoms with Crippen molar-refractivity contribution < 1.29 is 14.0 Å². The fourth-order valence-electron chi connectivity index (χ4n) is 2.26. The molecule has 0 atom stereocenters. The zero-order chi connectivity index (χ0) is 16.9. The van der Waals surface area contributed by atoms with Crippen LogP contribution in [0.15, 0.2) is 64.6 Å². The molecule has 122 valence electrons. The molecular formula is C18H16N2O3S. The zero-order valence-electron chi connectivity index (χ0n) is 13.1. The maximum Gasteiger partial charge on any atom is 0.265 e. The Bertz CT molecular complexity index is 826. The standard InChI is InChI=1S/C18H16N2O3S/c1-20(12-15-7-3-9-23-15)18(22)13-5-2-6-14(11-13)19-17(21)16-8-4-10-24-16/h2-11H,12H2,1H3,(H,19,21). The third-order valence-electron chi connectivity index (χ3n) is 3.43. The van der Waals surface area contributed by atoms with Crippen LogP contribution in [0, 0.1) is 0 Å². The van der Waals surface area contributed by atoms with Crippen LogP contribution in [-0.2, 0) is 6.54 Å². The van der Waals surface area contributed by atoms with Gasteiger partial charge in [0.25, 0.3) is 11.8 Å². The van der Waals surface area contributed by atoms with Gasteiger partial charge in [-0.2, -0.15) is 0 Å². The second kappa shape index (κ2) is 7.14. The molecular weight excluding hydrogens is 324 g/mol. The van der Waals surface area contributed by atoms with Gasteiger partial charge in [-0.15, -0.1) is 11.3 Å². The number of furan rings is 1. The molecule has 0 saturated carbocycles. The van der Waals surface area contributed by atoms with Gasteiger partial charge >= 0.3 is 0 Å². The molecule has 2 amide bonds. The van der Waals surface area contributed by atoms with Crippen LogP contribution in [0.4, 0.5) is 5.69 Å². The van der Waals surface area contributed by atoms with Gasteiger partial charge in [0, 0.05) is 18.3 Å². The molecule has 0 unspecified atom stereocenters. The van der Waals surface area contributed by atoms with Crippen molar-refractivity contribution in [1.82, 2.24) is 4.90 Å². The minimum Gasteiger partial charge on any atom is -0.467 e. The van der Waals surface area contributed by atoms with E-state index in [0.29, 0.717) is 28.4 Å². The van der Waals surface area contributed by atoms with Crippen LogP contribution in [0.5, 0.6) is 0 Å². The molecule has 0 aliphatic rings. The second-order valence-electron chi connectivity index (χ2n) is 5.25. The number of carbonyl (C=O) groups excluding carboxylic acids is 2. The molecule has 0 fully saturated rings. The summed E-state index contributed by atoms with van der Waals surface area (Å²) in [7, 11) is 1.71. The lowest BCUT2D eigenvalue weighted by Gasteiger charge is -2.16. The van der Waals surface area contributed by atoms with Crippen LogP contribution >= 0.6 is 11.3 Å². The van der Waals surface area contributed by atoms with Gasteiger partial charge in [-0.3, -0.25) is 9.59 Å². The normalized spacial score (nSPS) is 10.4. The van der Waals surface area contributed by atoms with E-state index in [1.807, 2.05) is 17.5 Å². The van der Waals surface area contributed by atoms with Crippen molar-refractivity contribution >= 4 is 28.8 Å². The van der Waals surface area contributed by atoms with Gasteiger partial charge in [-0.05, 0) is 41.8 Å². The summed E-state index contributed by atoms with van der Waals surface area (Å²) >= 11 is 1.37. The molecule has 3 rings (SSSR count). The van der Waals surface area contributed by atoms with E-state index in [-0.39, 0.29) is 11.8 Å². The van der Waals surface area contributed by atoms with E-state index >= 15 is 0 Å². The summed E-state index contributed by atoms with van der Waals surface area (Å²) in [5, 5.41) is 4.65. The van der Waals surface area contributed by atoms with Gasteiger partial charge in [0.1, 0.15) is 5.76 Å². The topological polar surface area (TPSA) is 62.6 Å². The highest BCUT2D eigenvalue weighted by molar-refractivity contribution is 7.12. The average Bonchev–Trinajstić information content (AvgIpc) is 3.28. The zero-order valence-corrected chi connectivity index (χ0v) is 13.9. The van der Waals surface area contributed by atoms with Crippen LogP contribution in [0.1, 0.15) is 25.8 Å². The molecule has 0 radical (unpaired) electrons. The van der Waals surface area contributed by atoms with Gasteiger partial charge in [-0.25, -0.2) is 0 Å². The highest BCUT2D eigenvalue weighted by Gasteiger charge is 2.14. The Labute approximate surface area is 143 Å². The number of nitrogens with one attached hydrogen (secondary N) is 1. The van der Waals surface area contributed by atoms with Gasteiger partial charge in [0.05, 0.1) is 17.7 Å². The average molecular weight is 340 g/mol. The first-order chi connectivity index (χ1) is 11.6. The molecule has 5 nitrogen and oxygen atoms in total. The molecule has 1 N–H and O–H groups in total. The molecule has 2 aromatic heterocycles. The molecule has 0 aliphatic heterocycles. The predicted molar refractivity (Wildman–Crippen MR) is 93.2 cm³/mol. The number of amides is 2. The van der Waals surface area contributed by atoms with E-state index in [9.17, 15) is 9.59 Å². The molecule has 0 spiro atoms. The number of carbonyl (C=O) groups is 2. The Balaban J connectivity index is 1.70. The monoisotopic (exact) mass is 340 g/mol. The quantitative estimate of drug-likeness (QED) is 0.767. The van der Waals surface area contributed by atoms with E-state index in [2.05, 4.69) is 5.32 Å². The third-order valence-corrected chi connectivity index (χ3v) is 4.30. The maximum absolute atomic E-state index is 12.5. The lowest BCUT2D eigenvalue weighted by atomic mass is 10.1. The number of anilines is 1. The Morgan fingerprint density at radius 2 is 2.04 bits per heavy atom. The summed E-state index contributed by atoms with van der Waals surface area (Å²) in [6.45, 7) is 0.387. The first-order valence-corrected chi connectivity index (χ1v) is 8.24. The molecule has 2 heterocycles. The summed E-state index contributed by atoms with van der Waals surface area (Å²) < 4.78 is 5.26. The van der Waals surface area contributed by atoms with Crippen LogP contribution in [0.25, 0.3) is 0 Å². The Morgan fingerprint density at radius 3 is 2.75 bits per heavy atom. The highest BCUT2D eigenvalue weighted by Crippen LogP contribution is 2.16. The Kier molecular flexibility index (Phi) is 4.77. The Morgan fingerprint density at radius 1 is 1.17 bits per heavy atom. The number of nitrogens with zero attached hydrogens (tertiary/aromatic N) is 1. The predicted octanol–water partition coefficient (Wildman–Crippen LogP) is 3.87. The van der Waals surface area contributed by atoms with Crippen molar-refractivity contribution in [2.75, 3.05) is 12.4 Å². The van der Waals surface area contributed by atoms with Crippen molar-refractivity contribution in [2.24, 2.45) is 0 Å². The van der Waals surface area contributed by atoms with E-state index in [1.165, 1.54) is 11.3 Å². The summed E-state index contributed by atoms with van der Waals surface area (Å²) in [6, 6.07) is 14.1. The third kappa shape index (κ3) is 3.72. The van der Waals surface area contributed by atoms with Crippen LogP contribution < -0.4 is 5.32 Å². The van der Waals surface area contributed by atoms with Crippen LogP contribution in [-0.4, -0.2) is 23.8 Å². The molecule has 6 heteroatoms. The summed E-state index contributed by atoms with van der Waals surface area (Å²) in [5.41, 5.74) is 1.10. The molecule has 0 saturated heterocycles. The lowest BCUT2D eigenvalue weighted by molar-refractivity contribution is 0.0775. The summed E-state index contributed by atoms with van der Waals surface area (Å²) in [6.07, 6.45) is 1.58. The van der Waals surface area contributed by atoms with Gasteiger partial charge < -0.3 is 14.6 Å². The molecule has 24 heavy (non-hydrogen) atoms. The minimum absolute atomic E-state index is 0.140. The van der Waals surface area contributed by atoms with Crippen LogP contribution in [0.2, 0.25) is 0 Å². The van der Waals surface area contributed by atoms with Crippen molar-refractivity contribution in [3.63, 3.8) is 0 Å². The van der Waals surface area contributed by atoms with Crippen molar-refractivity contribution in [1.29, 1.82) is 0 Å². The van der Waals surface area contributed by atoms with Gasteiger partial charge in [0.2, 0.25) is 0 Å². The Hall–Kier alpha value is -2.86. The highest BCUT2D eigenvalue weighted by atomic mass is 32.1. The molecule has 0 aliphatic carbocycles. The molecule has 0 bridgehead atoms. The van der Waals surface area contributed by atoms with E-state index in [1.54, 1.807) is 54.6 Å². The molecule has 3 aromatic rings. The maximum atomic E-state index is 12.5. The van der Waals surface area contributed by atoms with Crippen LogP contribution in [0.3, 0.4) is 0 Å². The summed E-state index contributed by atoms with van der Waals surface area (Å²) in [5.74, 6) is 0.394. The number of hydrogen-bond acceptors (Lipinski definition) is 4. The second-order valence-corrected chi connectivity index (χ2v) is 6.20. The summed E-state index contributed by atoms with van der Waals surface area (Å²) in [4.78, 5) is 26.8. The van der Waals surface area contributed by atoms with Crippen molar-refractivity contribution in [2.45, 2.75) is 6.54 Å². The first-order valence-electron chi connectivity index (χ1n) is 7.36. The fourth-order valence-corrected chi connectivity index (χ4v) is 2.88. The first kappa shape index (κ1) is 16.0. The van der Waals surface area contributed by atoms with E-state index < -0.39 is 0 Å². The van der Waals surface area contributed by atoms with Crippen molar-refractivity contribution in [3.05, 3.63) is 76.4 Å². The van der Waals surface area contributed by atoms with Gasteiger partial charge in [0.15, 0.2) is 0 Å². The largest absolute Gasteiger partial charge is 0.467 e. The van der Waals surface area contributed by atoms with E-state index in [4.69, 9.17) is 4.42 Å². The van der Waals surface area contributed by atoms with Crippen molar-refractivity contribution in [3.8, 4) is 0 Å². The lowest BCUT2D eigenvalue weighted by Crippen LogP contribution is -2.26. The minimum atomic E-state index is -0.182. The van der Waals surface area contributed by atoms with Gasteiger partial charge in [-0.1, -0.05) is 12.1 Å². The number of rotatable bonds is 5. The SMILES string of the molecule is CN(Cc1ccco1)C(=O)c1cccc(NC(=O)c2cccs2)c1. The number of thiophene rings is 1. The number of hydrogen-bond donors (Lipinski definition) is 1. The smallest absolute Gasteiger partial charge is 0.265 e.